The van der Waals surface area contributed by atoms with Gasteiger partial charge in [0, 0.05) is 32.1 Å². The third-order valence-corrected chi connectivity index (χ3v) is 3.32. The summed E-state index contributed by atoms with van der Waals surface area (Å²) in [5.74, 6) is 0.765. The maximum atomic E-state index is 11.8. The van der Waals surface area contributed by atoms with Gasteiger partial charge in [0.25, 0.3) is 0 Å². The number of nitrogens with zero attached hydrogens (tertiary/aromatic N) is 1. The fourth-order valence-corrected chi connectivity index (χ4v) is 2.18. The van der Waals surface area contributed by atoms with Crippen molar-refractivity contribution < 1.29 is 14.3 Å². The van der Waals surface area contributed by atoms with Crippen LogP contribution in [0.25, 0.3) is 0 Å². The topological polar surface area (TPSA) is 58.6 Å². The van der Waals surface area contributed by atoms with Gasteiger partial charge in [-0.2, -0.15) is 0 Å². The van der Waals surface area contributed by atoms with Crippen molar-refractivity contribution in [2.24, 2.45) is 0 Å². The van der Waals surface area contributed by atoms with Crippen LogP contribution in [-0.2, 0) is 9.59 Å². The highest BCUT2D eigenvalue weighted by Gasteiger charge is 2.12. The van der Waals surface area contributed by atoms with Crippen LogP contribution in [0.4, 0.5) is 5.69 Å². The maximum Gasteiger partial charge on any atom is 0.223 e. The van der Waals surface area contributed by atoms with Crippen LogP contribution in [0.15, 0.2) is 24.3 Å². The van der Waals surface area contributed by atoms with E-state index in [1.54, 1.807) is 4.90 Å². The highest BCUT2D eigenvalue weighted by Crippen LogP contribution is 2.20. The number of hydrogen-bond donors (Lipinski definition) is 1. The monoisotopic (exact) mass is 320 g/mol. The molecule has 128 valence electrons. The van der Waals surface area contributed by atoms with E-state index in [0.717, 1.165) is 24.3 Å². The van der Waals surface area contributed by atoms with Gasteiger partial charge in [-0.1, -0.05) is 13.3 Å². The molecule has 23 heavy (non-hydrogen) atoms. The zero-order chi connectivity index (χ0) is 17.2. The molecule has 0 saturated carbocycles. The lowest BCUT2D eigenvalue weighted by Crippen LogP contribution is -2.37. The maximum absolute atomic E-state index is 11.8. The number of amides is 2. The second kappa shape index (κ2) is 9.87. The third-order valence-electron chi connectivity index (χ3n) is 3.32. The summed E-state index contributed by atoms with van der Waals surface area (Å²) in [6.45, 7) is 8.42. The Morgan fingerprint density at radius 2 is 1.87 bits per heavy atom. The van der Waals surface area contributed by atoms with E-state index in [4.69, 9.17) is 4.74 Å². The van der Waals surface area contributed by atoms with Gasteiger partial charge in [-0.3, -0.25) is 9.59 Å². The van der Waals surface area contributed by atoms with Crippen LogP contribution >= 0.6 is 0 Å². The SMILES string of the molecule is CCCCC(=O)NCCN(C(C)=O)c1ccc(OC(C)C)cc1. The first-order valence-corrected chi connectivity index (χ1v) is 8.25. The normalized spacial score (nSPS) is 10.5. The Morgan fingerprint density at radius 3 is 2.39 bits per heavy atom. The average molecular weight is 320 g/mol. The lowest BCUT2D eigenvalue weighted by atomic mass is 10.2. The Hall–Kier alpha value is -2.04. The molecule has 1 aromatic rings. The molecule has 0 aliphatic carbocycles. The summed E-state index contributed by atoms with van der Waals surface area (Å²) in [4.78, 5) is 25.1. The summed E-state index contributed by atoms with van der Waals surface area (Å²) in [6, 6.07) is 7.42. The van der Waals surface area contributed by atoms with Gasteiger partial charge < -0.3 is 15.0 Å². The molecule has 0 atom stereocenters. The molecule has 2 amide bonds. The van der Waals surface area contributed by atoms with Gasteiger partial charge in [0.1, 0.15) is 5.75 Å². The van der Waals surface area contributed by atoms with Gasteiger partial charge in [-0.05, 0) is 44.5 Å². The number of anilines is 1. The molecule has 0 spiro atoms. The molecule has 1 N–H and O–H groups in total. The molecule has 5 heteroatoms. The summed E-state index contributed by atoms with van der Waals surface area (Å²) >= 11 is 0. The van der Waals surface area contributed by atoms with Gasteiger partial charge in [0.2, 0.25) is 11.8 Å². The van der Waals surface area contributed by atoms with Crippen molar-refractivity contribution in [2.45, 2.75) is 53.1 Å². The second-order valence-corrected chi connectivity index (χ2v) is 5.78. The third kappa shape index (κ3) is 7.17. The van der Waals surface area contributed by atoms with Gasteiger partial charge in [0.05, 0.1) is 6.10 Å². The van der Waals surface area contributed by atoms with Crippen LogP contribution in [0, 0.1) is 0 Å². The van der Waals surface area contributed by atoms with E-state index < -0.39 is 0 Å². The van der Waals surface area contributed by atoms with Gasteiger partial charge in [-0.15, -0.1) is 0 Å². The molecular weight excluding hydrogens is 292 g/mol. The van der Waals surface area contributed by atoms with Crippen molar-refractivity contribution in [1.82, 2.24) is 5.32 Å². The van der Waals surface area contributed by atoms with Gasteiger partial charge in [0.15, 0.2) is 0 Å². The highest BCUT2D eigenvalue weighted by atomic mass is 16.5. The fourth-order valence-electron chi connectivity index (χ4n) is 2.18. The van der Waals surface area contributed by atoms with E-state index in [1.165, 1.54) is 6.92 Å². The van der Waals surface area contributed by atoms with Crippen LogP contribution < -0.4 is 15.0 Å². The number of ether oxygens (including phenoxy) is 1. The molecule has 0 bridgehead atoms. The molecule has 0 aromatic heterocycles. The van der Waals surface area contributed by atoms with Crippen LogP contribution in [0.5, 0.6) is 5.75 Å². The van der Waals surface area contributed by atoms with E-state index in [9.17, 15) is 9.59 Å². The summed E-state index contributed by atoms with van der Waals surface area (Å²) in [5.41, 5.74) is 0.802. The number of carbonyl (C=O) groups is 2. The summed E-state index contributed by atoms with van der Waals surface area (Å²) in [6.07, 6.45) is 2.54. The van der Waals surface area contributed by atoms with Crippen molar-refractivity contribution in [2.75, 3.05) is 18.0 Å². The first-order valence-electron chi connectivity index (χ1n) is 8.25. The Balaban J connectivity index is 2.57. The number of unbranched alkanes of at least 4 members (excludes halogenated alkanes) is 1. The fraction of sp³-hybridized carbons (Fsp3) is 0.556. The standard InChI is InChI=1S/C18H28N2O3/c1-5-6-7-18(22)19-12-13-20(15(4)21)16-8-10-17(11-9-16)23-14(2)3/h8-11,14H,5-7,12-13H2,1-4H3,(H,19,22). The molecule has 0 radical (unpaired) electrons. The highest BCUT2D eigenvalue weighted by molar-refractivity contribution is 5.91. The zero-order valence-corrected chi connectivity index (χ0v) is 14.6. The Morgan fingerprint density at radius 1 is 1.22 bits per heavy atom. The minimum absolute atomic E-state index is 0.0380. The Labute approximate surface area is 139 Å². The number of hydrogen-bond acceptors (Lipinski definition) is 3. The van der Waals surface area contributed by atoms with Gasteiger partial charge in [-0.25, -0.2) is 0 Å². The van der Waals surface area contributed by atoms with E-state index in [-0.39, 0.29) is 17.9 Å². The molecule has 0 aliphatic rings. The minimum atomic E-state index is -0.0506. The van der Waals surface area contributed by atoms with Crippen molar-refractivity contribution in [1.29, 1.82) is 0 Å². The van der Waals surface area contributed by atoms with Crippen molar-refractivity contribution >= 4 is 17.5 Å². The zero-order valence-electron chi connectivity index (χ0n) is 14.6. The molecule has 0 unspecified atom stereocenters. The summed E-state index contributed by atoms with van der Waals surface area (Å²) in [5, 5.41) is 2.85. The predicted octanol–water partition coefficient (Wildman–Crippen LogP) is 3.13. The largest absolute Gasteiger partial charge is 0.491 e. The van der Waals surface area contributed by atoms with Crippen molar-refractivity contribution in [3.63, 3.8) is 0 Å². The quantitative estimate of drug-likeness (QED) is 0.760. The van der Waals surface area contributed by atoms with Crippen LogP contribution in [0.3, 0.4) is 0 Å². The molecule has 1 rings (SSSR count). The van der Waals surface area contributed by atoms with Crippen LogP contribution in [-0.4, -0.2) is 31.0 Å². The second-order valence-electron chi connectivity index (χ2n) is 5.78. The van der Waals surface area contributed by atoms with Crippen molar-refractivity contribution in [3.05, 3.63) is 24.3 Å². The molecule has 0 aliphatic heterocycles. The number of rotatable bonds is 9. The minimum Gasteiger partial charge on any atom is -0.491 e. The number of benzene rings is 1. The van der Waals surface area contributed by atoms with Crippen molar-refractivity contribution in [3.8, 4) is 5.75 Å². The lowest BCUT2D eigenvalue weighted by molar-refractivity contribution is -0.121. The number of carbonyl (C=O) groups excluding carboxylic acids is 2. The van der Waals surface area contributed by atoms with E-state index >= 15 is 0 Å². The van der Waals surface area contributed by atoms with E-state index in [1.807, 2.05) is 38.1 Å². The van der Waals surface area contributed by atoms with E-state index in [0.29, 0.717) is 19.5 Å². The van der Waals surface area contributed by atoms with Gasteiger partial charge >= 0.3 is 0 Å². The summed E-state index contributed by atoms with van der Waals surface area (Å²) < 4.78 is 5.60. The summed E-state index contributed by atoms with van der Waals surface area (Å²) in [7, 11) is 0. The first-order chi connectivity index (χ1) is 10.9. The predicted molar refractivity (Wildman–Crippen MR) is 92.8 cm³/mol. The molecular formula is C18H28N2O3. The smallest absolute Gasteiger partial charge is 0.223 e. The number of nitrogens with one attached hydrogen (secondary N) is 1. The lowest BCUT2D eigenvalue weighted by Gasteiger charge is -2.22. The Kier molecular flexibility index (Phi) is 8.16. The van der Waals surface area contributed by atoms with Crippen LogP contribution in [0.1, 0.15) is 47.0 Å². The Bertz CT molecular complexity index is 497. The molecule has 1 aromatic carbocycles. The first kappa shape index (κ1) is 19.0. The molecule has 0 heterocycles. The average Bonchev–Trinajstić information content (AvgIpc) is 2.49. The van der Waals surface area contributed by atoms with E-state index in [2.05, 4.69) is 12.2 Å². The molecule has 5 nitrogen and oxygen atoms in total. The molecule has 0 saturated heterocycles. The van der Waals surface area contributed by atoms with Crippen LogP contribution in [0.2, 0.25) is 0 Å². The molecule has 0 fully saturated rings.